The van der Waals surface area contributed by atoms with Gasteiger partial charge >= 0.3 is 0 Å². The molecule has 1 N–H and O–H groups in total. The number of nitrogens with one attached hydrogen (secondary N) is 1. The van der Waals surface area contributed by atoms with Crippen molar-refractivity contribution in [2.75, 3.05) is 19.8 Å². The Kier molecular flexibility index (Phi) is 6.44. The molecule has 2 aromatic rings. The Morgan fingerprint density at radius 2 is 1.71 bits per heavy atom. The molecule has 0 aliphatic heterocycles. The number of hydrogen-bond acceptors (Lipinski definition) is 3. The maximum absolute atomic E-state index is 12.0. The van der Waals surface area contributed by atoms with Gasteiger partial charge in [-0.3, -0.25) is 9.59 Å². The number of aryl methyl sites for hydroxylation is 1. The SMILES string of the molecule is Cc1ccccc1SCC(=O)NCc1ccc(C(=O)N(C)C)cc1. The van der Waals surface area contributed by atoms with Gasteiger partial charge in [-0.25, -0.2) is 0 Å². The quantitative estimate of drug-likeness (QED) is 0.821. The van der Waals surface area contributed by atoms with Gasteiger partial charge in [0.05, 0.1) is 5.75 Å². The lowest BCUT2D eigenvalue weighted by Gasteiger charge is -2.11. The van der Waals surface area contributed by atoms with Gasteiger partial charge in [-0.05, 0) is 36.2 Å². The van der Waals surface area contributed by atoms with Gasteiger partial charge < -0.3 is 10.2 Å². The molecule has 126 valence electrons. The fourth-order valence-corrected chi connectivity index (χ4v) is 3.00. The molecule has 0 aromatic heterocycles. The molecule has 0 unspecified atom stereocenters. The van der Waals surface area contributed by atoms with Crippen LogP contribution in [0.3, 0.4) is 0 Å². The van der Waals surface area contributed by atoms with Crippen molar-refractivity contribution in [1.82, 2.24) is 10.2 Å². The summed E-state index contributed by atoms with van der Waals surface area (Å²) in [6, 6.07) is 15.3. The summed E-state index contributed by atoms with van der Waals surface area (Å²) in [5.74, 6) is 0.360. The van der Waals surface area contributed by atoms with Crippen molar-refractivity contribution in [2.45, 2.75) is 18.4 Å². The minimum atomic E-state index is -0.0276. The molecule has 0 radical (unpaired) electrons. The van der Waals surface area contributed by atoms with Crippen molar-refractivity contribution in [3.8, 4) is 0 Å². The summed E-state index contributed by atoms with van der Waals surface area (Å²) in [4.78, 5) is 26.5. The maximum atomic E-state index is 12.0. The molecule has 0 spiro atoms. The van der Waals surface area contributed by atoms with E-state index in [4.69, 9.17) is 0 Å². The zero-order chi connectivity index (χ0) is 17.5. The third-order valence-electron chi connectivity index (χ3n) is 3.55. The number of carbonyl (C=O) groups excluding carboxylic acids is 2. The predicted molar refractivity (Wildman–Crippen MR) is 98.2 cm³/mol. The smallest absolute Gasteiger partial charge is 0.253 e. The number of rotatable bonds is 6. The monoisotopic (exact) mass is 342 g/mol. The summed E-state index contributed by atoms with van der Waals surface area (Å²) < 4.78 is 0. The van der Waals surface area contributed by atoms with Gasteiger partial charge in [-0.15, -0.1) is 11.8 Å². The first kappa shape index (κ1) is 18.1. The van der Waals surface area contributed by atoms with E-state index in [1.807, 2.05) is 43.3 Å². The van der Waals surface area contributed by atoms with E-state index in [1.165, 1.54) is 17.3 Å². The third kappa shape index (κ3) is 5.13. The van der Waals surface area contributed by atoms with Crippen LogP contribution < -0.4 is 5.32 Å². The van der Waals surface area contributed by atoms with Crippen molar-refractivity contribution in [1.29, 1.82) is 0 Å². The van der Waals surface area contributed by atoms with Crippen LogP contribution in [0, 0.1) is 6.92 Å². The molecule has 0 aliphatic rings. The van der Waals surface area contributed by atoms with Gasteiger partial charge in [0.15, 0.2) is 0 Å². The fourth-order valence-electron chi connectivity index (χ4n) is 2.14. The zero-order valence-electron chi connectivity index (χ0n) is 14.2. The standard InChI is InChI=1S/C19H22N2O2S/c1-14-6-4-5-7-17(14)24-13-18(22)20-12-15-8-10-16(11-9-15)19(23)21(2)3/h4-11H,12-13H2,1-3H3,(H,20,22). The molecule has 5 heteroatoms. The van der Waals surface area contributed by atoms with Gasteiger partial charge in [-0.2, -0.15) is 0 Å². The number of benzene rings is 2. The van der Waals surface area contributed by atoms with Crippen molar-refractivity contribution in [2.24, 2.45) is 0 Å². The van der Waals surface area contributed by atoms with Crippen molar-refractivity contribution >= 4 is 23.6 Å². The van der Waals surface area contributed by atoms with Gasteiger partial charge in [0, 0.05) is 31.1 Å². The zero-order valence-corrected chi connectivity index (χ0v) is 15.0. The molecular weight excluding hydrogens is 320 g/mol. The average molecular weight is 342 g/mol. The number of hydrogen-bond donors (Lipinski definition) is 1. The molecule has 4 nitrogen and oxygen atoms in total. The summed E-state index contributed by atoms with van der Waals surface area (Å²) in [5, 5.41) is 2.90. The van der Waals surface area contributed by atoms with E-state index in [2.05, 4.69) is 5.32 Å². The fraction of sp³-hybridized carbons (Fsp3) is 0.263. The second-order valence-corrected chi connectivity index (χ2v) is 6.74. The van der Waals surface area contributed by atoms with Gasteiger partial charge in [-0.1, -0.05) is 30.3 Å². The summed E-state index contributed by atoms with van der Waals surface area (Å²) in [6.45, 7) is 2.50. The van der Waals surface area contributed by atoms with Crippen LogP contribution in [0.4, 0.5) is 0 Å². The summed E-state index contributed by atoms with van der Waals surface area (Å²) in [6.07, 6.45) is 0. The molecule has 0 heterocycles. The molecular formula is C19H22N2O2S. The molecule has 2 rings (SSSR count). The highest BCUT2D eigenvalue weighted by Crippen LogP contribution is 2.21. The van der Waals surface area contributed by atoms with E-state index < -0.39 is 0 Å². The molecule has 2 amide bonds. The topological polar surface area (TPSA) is 49.4 Å². The molecule has 2 aromatic carbocycles. The van der Waals surface area contributed by atoms with Crippen LogP contribution in [0.1, 0.15) is 21.5 Å². The maximum Gasteiger partial charge on any atom is 0.253 e. The van der Waals surface area contributed by atoms with Crippen LogP contribution in [0.25, 0.3) is 0 Å². The highest BCUT2D eigenvalue weighted by Gasteiger charge is 2.08. The van der Waals surface area contributed by atoms with E-state index in [9.17, 15) is 9.59 Å². The lowest BCUT2D eigenvalue weighted by molar-refractivity contribution is -0.118. The number of thioether (sulfide) groups is 1. The van der Waals surface area contributed by atoms with Crippen LogP contribution in [-0.4, -0.2) is 36.6 Å². The number of nitrogens with zero attached hydrogens (tertiary/aromatic N) is 1. The summed E-state index contributed by atoms with van der Waals surface area (Å²) in [5.41, 5.74) is 2.79. The van der Waals surface area contributed by atoms with Gasteiger partial charge in [0.1, 0.15) is 0 Å². The molecule has 0 fully saturated rings. The highest BCUT2D eigenvalue weighted by molar-refractivity contribution is 8.00. The van der Waals surface area contributed by atoms with Gasteiger partial charge in [0.2, 0.25) is 5.91 Å². The molecule has 24 heavy (non-hydrogen) atoms. The molecule has 0 bridgehead atoms. The minimum absolute atomic E-state index is 0.00306. The average Bonchev–Trinajstić information content (AvgIpc) is 2.59. The molecule has 0 aliphatic carbocycles. The predicted octanol–water partition coefficient (Wildman–Crippen LogP) is 3.11. The summed E-state index contributed by atoms with van der Waals surface area (Å²) >= 11 is 1.54. The number of amides is 2. The van der Waals surface area contributed by atoms with E-state index in [0.29, 0.717) is 17.9 Å². The lowest BCUT2D eigenvalue weighted by Crippen LogP contribution is -2.25. The lowest BCUT2D eigenvalue weighted by atomic mass is 10.1. The van der Waals surface area contributed by atoms with Gasteiger partial charge in [0.25, 0.3) is 5.91 Å². The first-order valence-electron chi connectivity index (χ1n) is 7.73. The van der Waals surface area contributed by atoms with Crippen LogP contribution in [0.2, 0.25) is 0 Å². The Morgan fingerprint density at radius 1 is 1.04 bits per heavy atom. The van der Waals surface area contributed by atoms with E-state index >= 15 is 0 Å². The van der Waals surface area contributed by atoms with Crippen LogP contribution >= 0.6 is 11.8 Å². The third-order valence-corrected chi connectivity index (χ3v) is 4.72. The van der Waals surface area contributed by atoms with Crippen molar-refractivity contribution in [3.63, 3.8) is 0 Å². The Labute approximate surface area is 147 Å². The minimum Gasteiger partial charge on any atom is -0.351 e. The second kappa shape index (κ2) is 8.55. The van der Waals surface area contributed by atoms with Crippen molar-refractivity contribution < 1.29 is 9.59 Å². The Morgan fingerprint density at radius 3 is 2.33 bits per heavy atom. The number of carbonyl (C=O) groups is 2. The second-order valence-electron chi connectivity index (χ2n) is 5.73. The van der Waals surface area contributed by atoms with Crippen LogP contribution in [-0.2, 0) is 11.3 Å². The Hall–Kier alpha value is -2.27. The Balaban J connectivity index is 1.81. The molecule has 0 saturated carbocycles. The van der Waals surface area contributed by atoms with E-state index in [1.54, 1.807) is 31.1 Å². The summed E-state index contributed by atoms with van der Waals surface area (Å²) in [7, 11) is 3.45. The molecule has 0 atom stereocenters. The van der Waals surface area contributed by atoms with E-state index in [0.717, 1.165) is 10.5 Å². The van der Waals surface area contributed by atoms with Crippen LogP contribution in [0.15, 0.2) is 53.4 Å². The normalized spacial score (nSPS) is 10.3. The van der Waals surface area contributed by atoms with Crippen molar-refractivity contribution in [3.05, 3.63) is 65.2 Å². The first-order chi connectivity index (χ1) is 11.5. The largest absolute Gasteiger partial charge is 0.351 e. The molecule has 0 saturated heterocycles. The van der Waals surface area contributed by atoms with Crippen LogP contribution in [0.5, 0.6) is 0 Å². The Bertz CT molecular complexity index is 712. The highest BCUT2D eigenvalue weighted by atomic mass is 32.2. The van der Waals surface area contributed by atoms with E-state index in [-0.39, 0.29) is 11.8 Å². The first-order valence-corrected chi connectivity index (χ1v) is 8.71.